The van der Waals surface area contributed by atoms with Crippen molar-refractivity contribution in [3.8, 4) is 5.75 Å². The largest absolute Gasteiger partial charge is 0.497 e. The van der Waals surface area contributed by atoms with Crippen LogP contribution in [0.1, 0.15) is 22.9 Å². The molecule has 2 aliphatic heterocycles. The van der Waals surface area contributed by atoms with Crippen molar-refractivity contribution in [1.29, 1.82) is 0 Å². The monoisotopic (exact) mass is 499 g/mol. The molecule has 9 heteroatoms. The van der Waals surface area contributed by atoms with Crippen LogP contribution in [0.25, 0.3) is 10.9 Å². The molecule has 2 amide bonds. The molecule has 7 nitrogen and oxygen atoms in total. The number of carbonyl (C=O) groups excluding carboxylic acids is 2. The Labute approximate surface area is 192 Å². The maximum absolute atomic E-state index is 13.2. The predicted molar refractivity (Wildman–Crippen MR) is 122 cm³/mol. The average Bonchev–Trinajstić information content (AvgIpc) is 3.26. The quantitative estimate of drug-likeness (QED) is 0.533. The Bertz CT molecular complexity index is 1240. The van der Waals surface area contributed by atoms with Gasteiger partial charge in [0, 0.05) is 27.5 Å². The molecule has 2 aliphatic rings. The van der Waals surface area contributed by atoms with Gasteiger partial charge in [-0.1, -0.05) is 28.1 Å². The second-order valence-electron chi connectivity index (χ2n) is 7.44. The molecule has 158 valence electrons. The summed E-state index contributed by atoms with van der Waals surface area (Å²) >= 11 is 9.14. The summed E-state index contributed by atoms with van der Waals surface area (Å²) in [7, 11) is 2.85. The molecule has 2 unspecified atom stereocenters. The van der Waals surface area contributed by atoms with E-state index in [-0.39, 0.29) is 17.1 Å². The van der Waals surface area contributed by atoms with Gasteiger partial charge in [-0.25, -0.2) is 4.79 Å². The van der Waals surface area contributed by atoms with Gasteiger partial charge in [-0.2, -0.15) is 4.90 Å². The van der Waals surface area contributed by atoms with Gasteiger partial charge in [0.05, 0.1) is 20.3 Å². The lowest BCUT2D eigenvalue weighted by Gasteiger charge is -2.37. The summed E-state index contributed by atoms with van der Waals surface area (Å²) in [6, 6.07) is 12.7. The fraction of sp³-hybridized carbons (Fsp3) is 0.227. The molecule has 2 atom stereocenters. The number of imide groups is 1. The normalized spacial score (nSPS) is 20.1. The lowest BCUT2D eigenvalue weighted by Crippen LogP contribution is -2.44. The van der Waals surface area contributed by atoms with Gasteiger partial charge in [0.25, 0.3) is 5.91 Å². The van der Waals surface area contributed by atoms with Crippen molar-refractivity contribution in [2.45, 2.75) is 18.5 Å². The third kappa shape index (κ3) is 2.95. The number of hydrogen-bond acceptors (Lipinski definition) is 5. The number of rotatable bonds is 2. The molecule has 1 fully saturated rings. The highest BCUT2D eigenvalue weighted by molar-refractivity contribution is 9.10. The fourth-order valence-electron chi connectivity index (χ4n) is 4.49. The summed E-state index contributed by atoms with van der Waals surface area (Å²) in [6.07, 6.45) is -0.334. The first-order valence-corrected chi connectivity index (χ1v) is 10.8. The van der Waals surface area contributed by atoms with E-state index in [1.165, 1.54) is 7.11 Å². The van der Waals surface area contributed by atoms with Crippen molar-refractivity contribution in [1.82, 2.24) is 14.8 Å². The average molecular weight is 500 g/mol. The van der Waals surface area contributed by atoms with Crippen LogP contribution in [0.5, 0.6) is 5.75 Å². The molecule has 0 spiro atoms. The Kier molecular flexibility index (Phi) is 4.75. The van der Waals surface area contributed by atoms with E-state index in [1.54, 1.807) is 7.11 Å². The van der Waals surface area contributed by atoms with Crippen LogP contribution in [0.3, 0.4) is 0 Å². The molecule has 1 aromatic heterocycles. The highest BCUT2D eigenvalue weighted by atomic mass is 79.9. The molecule has 1 N–H and O–H groups in total. The second-order valence-corrected chi connectivity index (χ2v) is 8.72. The maximum atomic E-state index is 13.2. The molecule has 0 saturated carbocycles. The number of hydrogen-bond donors (Lipinski definition) is 1. The van der Waals surface area contributed by atoms with Crippen LogP contribution in [0.15, 0.2) is 46.9 Å². The second kappa shape index (κ2) is 7.35. The maximum Gasteiger partial charge on any atom is 0.422 e. The Hall–Kier alpha value is -2.91. The molecule has 5 rings (SSSR count). The molecular formula is C22H18BrN3O4S. The number of benzene rings is 2. The number of nitrogens with zero attached hydrogens (tertiary/aromatic N) is 2. The van der Waals surface area contributed by atoms with Crippen molar-refractivity contribution in [3.05, 3.63) is 63.8 Å². The van der Waals surface area contributed by atoms with Crippen LogP contribution in [0.4, 0.5) is 4.79 Å². The number of methoxy groups -OCH3 is 2. The van der Waals surface area contributed by atoms with E-state index in [1.807, 2.05) is 47.4 Å². The molecule has 3 aromatic rings. The van der Waals surface area contributed by atoms with Gasteiger partial charge in [0.1, 0.15) is 11.8 Å². The Morgan fingerprint density at radius 3 is 2.61 bits per heavy atom. The van der Waals surface area contributed by atoms with E-state index >= 15 is 0 Å². The number of carbonyl (C=O) groups is 2. The van der Waals surface area contributed by atoms with Crippen molar-refractivity contribution in [2.75, 3.05) is 14.2 Å². The molecule has 1 saturated heterocycles. The highest BCUT2D eigenvalue weighted by Gasteiger charge is 2.52. The third-order valence-corrected chi connectivity index (χ3v) is 6.78. The number of fused-ring (bicyclic) bond motifs is 4. The van der Waals surface area contributed by atoms with Gasteiger partial charge >= 0.3 is 6.09 Å². The molecule has 2 aromatic carbocycles. The third-order valence-electron chi connectivity index (χ3n) is 5.89. The lowest BCUT2D eigenvalue weighted by atomic mass is 9.89. The van der Waals surface area contributed by atoms with Crippen molar-refractivity contribution in [3.63, 3.8) is 0 Å². The Balaban J connectivity index is 1.72. The minimum Gasteiger partial charge on any atom is -0.497 e. The molecule has 0 aliphatic carbocycles. The van der Waals surface area contributed by atoms with Gasteiger partial charge < -0.3 is 19.4 Å². The van der Waals surface area contributed by atoms with Crippen molar-refractivity contribution in [2.24, 2.45) is 0 Å². The first kappa shape index (κ1) is 20.0. The summed E-state index contributed by atoms with van der Waals surface area (Å²) in [5, 5.41) is 1.19. The first-order chi connectivity index (χ1) is 14.9. The van der Waals surface area contributed by atoms with E-state index in [9.17, 15) is 9.59 Å². The summed E-state index contributed by atoms with van der Waals surface area (Å²) in [6.45, 7) is 0. The standard InChI is InChI=1S/C22H18BrN3O4S/c1-29-13-6-3-11(4-7-13)19-18-15(14-9-12(23)5-8-16(14)24-18)10-17-20(27)26(22(28)30-2)21(31)25(17)19/h3-9,17,19,24H,10H2,1-2H3. The summed E-state index contributed by atoms with van der Waals surface area (Å²) in [4.78, 5) is 31.9. The molecule has 31 heavy (non-hydrogen) atoms. The van der Waals surface area contributed by atoms with Gasteiger partial charge in [-0.05, 0) is 53.7 Å². The molecule has 3 heterocycles. The Morgan fingerprint density at radius 1 is 1.19 bits per heavy atom. The minimum atomic E-state index is -0.769. The molecule has 0 radical (unpaired) electrons. The summed E-state index contributed by atoms with van der Waals surface area (Å²) < 4.78 is 11.1. The van der Waals surface area contributed by atoms with E-state index in [2.05, 4.69) is 20.9 Å². The number of aromatic nitrogens is 1. The number of amides is 2. The van der Waals surface area contributed by atoms with Crippen molar-refractivity contribution < 1.29 is 19.1 Å². The van der Waals surface area contributed by atoms with Crippen LogP contribution in [0, 0.1) is 0 Å². The van der Waals surface area contributed by atoms with Crippen LogP contribution >= 0.6 is 28.1 Å². The van der Waals surface area contributed by atoms with Gasteiger partial charge in [0.2, 0.25) is 0 Å². The van der Waals surface area contributed by atoms with Crippen LogP contribution in [-0.2, 0) is 16.0 Å². The predicted octanol–water partition coefficient (Wildman–Crippen LogP) is 4.15. The van der Waals surface area contributed by atoms with Gasteiger partial charge in [-0.15, -0.1) is 0 Å². The fourth-order valence-corrected chi connectivity index (χ4v) is 5.24. The topological polar surface area (TPSA) is 74.9 Å². The van der Waals surface area contributed by atoms with E-state index in [4.69, 9.17) is 21.7 Å². The lowest BCUT2D eigenvalue weighted by molar-refractivity contribution is -0.127. The first-order valence-electron chi connectivity index (χ1n) is 9.62. The van der Waals surface area contributed by atoms with E-state index in [0.717, 1.165) is 42.8 Å². The number of halogens is 1. The zero-order valence-corrected chi connectivity index (χ0v) is 19.1. The zero-order chi connectivity index (χ0) is 21.9. The Morgan fingerprint density at radius 2 is 1.94 bits per heavy atom. The number of nitrogens with one attached hydrogen (secondary N) is 1. The molecular weight excluding hydrogens is 482 g/mol. The number of H-pyrrole nitrogens is 1. The highest BCUT2D eigenvalue weighted by Crippen LogP contribution is 2.44. The van der Waals surface area contributed by atoms with E-state index < -0.39 is 12.1 Å². The van der Waals surface area contributed by atoms with E-state index in [0.29, 0.717) is 6.42 Å². The SMILES string of the molecule is COC(=O)N1C(=O)C2Cc3c([nH]c4ccc(Br)cc34)C(c3ccc(OC)cc3)N2C1=S. The zero-order valence-electron chi connectivity index (χ0n) is 16.7. The molecule has 0 bridgehead atoms. The van der Waals surface area contributed by atoms with Gasteiger partial charge in [-0.3, -0.25) is 4.79 Å². The van der Waals surface area contributed by atoms with Crippen molar-refractivity contribution >= 4 is 56.2 Å². The number of ether oxygens (including phenoxy) is 2. The minimum absolute atomic E-state index is 0.146. The van der Waals surface area contributed by atoms with Gasteiger partial charge in [0.15, 0.2) is 5.11 Å². The van der Waals surface area contributed by atoms with Crippen LogP contribution < -0.4 is 4.74 Å². The smallest absolute Gasteiger partial charge is 0.422 e. The van der Waals surface area contributed by atoms with Crippen LogP contribution in [0.2, 0.25) is 0 Å². The van der Waals surface area contributed by atoms with Crippen LogP contribution in [-0.4, -0.2) is 52.2 Å². The number of aromatic amines is 1. The summed E-state index contributed by atoms with van der Waals surface area (Å²) in [5.74, 6) is 0.360. The number of thiocarbonyl (C=S) groups is 1. The summed E-state index contributed by atoms with van der Waals surface area (Å²) in [5.41, 5.74) is 3.91.